The average Bonchev–Trinajstić information content (AvgIpc) is 3.57. The lowest BCUT2D eigenvalue weighted by Crippen LogP contribution is -1.96. The summed E-state index contributed by atoms with van der Waals surface area (Å²) in [5, 5.41) is 2.21. The van der Waals surface area contributed by atoms with Crippen LogP contribution in [0.4, 0.5) is 0 Å². The van der Waals surface area contributed by atoms with Crippen molar-refractivity contribution in [1.29, 1.82) is 0 Å². The summed E-state index contributed by atoms with van der Waals surface area (Å²) in [6.07, 6.45) is 3.68. The quantitative estimate of drug-likeness (QED) is 0.184. The molecule has 4 heteroatoms. The van der Waals surface area contributed by atoms with Gasteiger partial charge in [0.1, 0.15) is 11.2 Å². The molecule has 9 aromatic rings. The molecule has 6 aromatic carbocycles. The molecule has 0 saturated carbocycles. The van der Waals surface area contributed by atoms with Crippen LogP contribution in [0.3, 0.4) is 0 Å². The zero-order valence-corrected chi connectivity index (χ0v) is 26.5. The van der Waals surface area contributed by atoms with Crippen molar-refractivity contribution in [3.8, 4) is 67.3 Å². The second-order valence-corrected chi connectivity index (χ2v) is 12.1. The third kappa shape index (κ3) is 5.56. The molecule has 230 valence electrons. The molecular weight excluding hydrogens is 599 g/mol. The summed E-state index contributed by atoms with van der Waals surface area (Å²) in [6.45, 7) is 0. The maximum absolute atomic E-state index is 6.15. The molecule has 0 radical (unpaired) electrons. The van der Waals surface area contributed by atoms with Crippen LogP contribution in [0.25, 0.3) is 89.2 Å². The number of benzene rings is 6. The first-order valence-electron chi connectivity index (χ1n) is 16.3. The molecule has 0 atom stereocenters. The van der Waals surface area contributed by atoms with Gasteiger partial charge in [0.2, 0.25) is 0 Å². The van der Waals surface area contributed by atoms with E-state index in [1.807, 2.05) is 42.6 Å². The van der Waals surface area contributed by atoms with Gasteiger partial charge >= 0.3 is 0 Å². The minimum Gasteiger partial charge on any atom is -0.456 e. The highest BCUT2D eigenvalue weighted by atomic mass is 16.3. The zero-order valence-electron chi connectivity index (χ0n) is 26.5. The zero-order chi connectivity index (χ0) is 32.6. The molecule has 0 unspecified atom stereocenters. The predicted molar refractivity (Wildman–Crippen MR) is 200 cm³/mol. The number of nitrogens with zero attached hydrogens (tertiary/aromatic N) is 3. The van der Waals surface area contributed by atoms with Gasteiger partial charge in [0.15, 0.2) is 5.82 Å². The largest absolute Gasteiger partial charge is 0.456 e. The maximum atomic E-state index is 6.15. The van der Waals surface area contributed by atoms with Crippen molar-refractivity contribution in [3.05, 3.63) is 176 Å². The SMILES string of the molecule is c1ccc(-c2cc(-c3ccc4oc5ccccc5c4c3)cc(-c3cc(-c4ccc(-c5cccnc5)cc4)nc(-c4ccccc4)n3)c2)cc1. The van der Waals surface area contributed by atoms with E-state index in [-0.39, 0.29) is 0 Å². The normalized spacial score (nSPS) is 11.3. The fraction of sp³-hybridized carbons (Fsp3) is 0. The highest BCUT2D eigenvalue weighted by Crippen LogP contribution is 2.37. The fourth-order valence-corrected chi connectivity index (χ4v) is 6.47. The highest BCUT2D eigenvalue weighted by Gasteiger charge is 2.15. The van der Waals surface area contributed by atoms with Crippen molar-refractivity contribution in [2.45, 2.75) is 0 Å². The van der Waals surface area contributed by atoms with Crippen LogP contribution in [0, 0.1) is 0 Å². The van der Waals surface area contributed by atoms with Crippen LogP contribution in [0.5, 0.6) is 0 Å². The first-order valence-corrected chi connectivity index (χ1v) is 16.3. The second-order valence-electron chi connectivity index (χ2n) is 12.1. The Balaban J connectivity index is 1.22. The molecule has 0 aliphatic heterocycles. The molecule has 0 amide bonds. The molecule has 3 heterocycles. The van der Waals surface area contributed by atoms with E-state index in [1.165, 1.54) is 0 Å². The summed E-state index contributed by atoms with van der Waals surface area (Å²) in [5.41, 5.74) is 13.2. The van der Waals surface area contributed by atoms with Crippen molar-refractivity contribution in [3.63, 3.8) is 0 Å². The summed E-state index contributed by atoms with van der Waals surface area (Å²) in [5.74, 6) is 0.683. The van der Waals surface area contributed by atoms with Crippen LogP contribution in [-0.4, -0.2) is 15.0 Å². The van der Waals surface area contributed by atoms with Crippen molar-refractivity contribution in [2.24, 2.45) is 0 Å². The van der Waals surface area contributed by atoms with E-state index in [0.717, 1.165) is 83.4 Å². The number of fused-ring (bicyclic) bond motifs is 3. The van der Waals surface area contributed by atoms with Gasteiger partial charge < -0.3 is 4.42 Å². The van der Waals surface area contributed by atoms with Gasteiger partial charge in [-0.2, -0.15) is 0 Å². The first kappa shape index (κ1) is 28.6. The maximum Gasteiger partial charge on any atom is 0.160 e. The van der Waals surface area contributed by atoms with Crippen molar-refractivity contribution < 1.29 is 4.42 Å². The van der Waals surface area contributed by atoms with Crippen LogP contribution in [-0.2, 0) is 0 Å². The van der Waals surface area contributed by atoms with Gasteiger partial charge in [-0.3, -0.25) is 4.98 Å². The van der Waals surface area contributed by atoms with Crippen molar-refractivity contribution >= 4 is 21.9 Å². The Morgan fingerprint density at radius 3 is 1.67 bits per heavy atom. The summed E-state index contributed by atoms with van der Waals surface area (Å²) < 4.78 is 6.15. The Morgan fingerprint density at radius 1 is 0.347 bits per heavy atom. The van der Waals surface area contributed by atoms with Gasteiger partial charge in [-0.15, -0.1) is 0 Å². The molecule has 0 aliphatic carbocycles. The number of furan rings is 1. The second kappa shape index (κ2) is 12.2. The number of hydrogen-bond acceptors (Lipinski definition) is 4. The third-order valence-electron chi connectivity index (χ3n) is 8.98. The van der Waals surface area contributed by atoms with Crippen molar-refractivity contribution in [1.82, 2.24) is 15.0 Å². The summed E-state index contributed by atoms with van der Waals surface area (Å²) in [4.78, 5) is 14.6. The van der Waals surface area contributed by atoms with Crippen LogP contribution < -0.4 is 0 Å². The Hall–Kier alpha value is -6.65. The van der Waals surface area contributed by atoms with Gasteiger partial charge in [-0.05, 0) is 81.9 Å². The Kier molecular flexibility index (Phi) is 7.10. The molecule has 49 heavy (non-hydrogen) atoms. The van der Waals surface area contributed by atoms with Crippen LogP contribution in [0.2, 0.25) is 0 Å². The van der Waals surface area contributed by atoms with Gasteiger partial charge in [0.25, 0.3) is 0 Å². The molecule has 0 aliphatic rings. The number of pyridine rings is 1. The Bertz CT molecular complexity index is 2580. The minimum absolute atomic E-state index is 0.683. The first-order chi connectivity index (χ1) is 24.2. The van der Waals surface area contributed by atoms with E-state index in [4.69, 9.17) is 14.4 Å². The molecule has 0 bridgehead atoms. The van der Waals surface area contributed by atoms with E-state index < -0.39 is 0 Å². The molecule has 0 spiro atoms. The van der Waals surface area contributed by atoms with Gasteiger partial charge in [-0.1, -0.05) is 115 Å². The van der Waals surface area contributed by atoms with E-state index in [1.54, 1.807) is 6.20 Å². The lowest BCUT2D eigenvalue weighted by molar-refractivity contribution is 0.669. The van der Waals surface area contributed by atoms with Gasteiger partial charge in [0.05, 0.1) is 11.4 Å². The lowest BCUT2D eigenvalue weighted by atomic mass is 9.94. The van der Waals surface area contributed by atoms with E-state index in [9.17, 15) is 0 Å². The molecule has 0 N–H and O–H groups in total. The average molecular weight is 628 g/mol. The van der Waals surface area contributed by atoms with E-state index in [0.29, 0.717) is 5.82 Å². The molecule has 9 rings (SSSR count). The van der Waals surface area contributed by atoms with E-state index >= 15 is 0 Å². The molecule has 4 nitrogen and oxygen atoms in total. The number of para-hydroxylation sites is 1. The third-order valence-corrected chi connectivity index (χ3v) is 8.98. The van der Waals surface area contributed by atoms with Gasteiger partial charge in [0, 0.05) is 39.9 Å². The topological polar surface area (TPSA) is 51.8 Å². The number of rotatable bonds is 6. The van der Waals surface area contributed by atoms with Gasteiger partial charge in [-0.25, -0.2) is 9.97 Å². The predicted octanol–water partition coefficient (Wildman–Crippen LogP) is 11.8. The number of aromatic nitrogens is 3. The van der Waals surface area contributed by atoms with Crippen LogP contribution in [0.1, 0.15) is 0 Å². The minimum atomic E-state index is 0.683. The van der Waals surface area contributed by atoms with Crippen molar-refractivity contribution in [2.75, 3.05) is 0 Å². The summed E-state index contributed by atoms with van der Waals surface area (Å²) in [7, 11) is 0. The van der Waals surface area contributed by atoms with Crippen LogP contribution in [0.15, 0.2) is 181 Å². The monoisotopic (exact) mass is 627 g/mol. The molecule has 3 aromatic heterocycles. The number of hydrogen-bond donors (Lipinski definition) is 0. The van der Waals surface area contributed by atoms with E-state index in [2.05, 4.69) is 132 Å². The lowest BCUT2D eigenvalue weighted by Gasteiger charge is -2.13. The molecule has 0 saturated heterocycles. The summed E-state index contributed by atoms with van der Waals surface area (Å²) in [6, 6.07) is 56.7. The smallest absolute Gasteiger partial charge is 0.160 e. The highest BCUT2D eigenvalue weighted by molar-refractivity contribution is 6.06. The van der Waals surface area contributed by atoms with Crippen LogP contribution >= 0.6 is 0 Å². The summed E-state index contributed by atoms with van der Waals surface area (Å²) >= 11 is 0. The fourth-order valence-electron chi connectivity index (χ4n) is 6.47. The Morgan fingerprint density at radius 2 is 0.918 bits per heavy atom. The molecule has 0 fully saturated rings. The Labute approximate surface area is 284 Å². The molecular formula is C45H29N3O. The standard InChI is InChI=1S/C45H29N3O/c1-3-10-30(11-4-1)36-24-37(34-21-22-44-40(27-34)39-15-7-8-16-43(39)49-44)26-38(25-36)42-28-41(47-45(48-42)33-12-5-2-6-13-33)32-19-17-31(18-20-32)35-14-9-23-46-29-35/h1-29H.